The molecular formula is C21H27ClN2OS. The molecule has 1 fully saturated rings. The monoisotopic (exact) mass is 390 g/mol. The fourth-order valence-corrected chi connectivity index (χ4v) is 5.45. The Hall–Kier alpha value is -1.36. The van der Waals surface area contributed by atoms with Crippen molar-refractivity contribution < 1.29 is 4.79 Å². The van der Waals surface area contributed by atoms with Crippen LogP contribution >= 0.6 is 23.7 Å². The maximum Gasteiger partial charge on any atom is 0.263 e. The average molecular weight is 391 g/mol. The average Bonchev–Trinajstić information content (AvgIpc) is 3.04. The molecule has 0 unspecified atom stereocenters. The Bertz CT molecular complexity index is 806. The number of likely N-dealkylation sites (tertiary alicyclic amines) is 1. The summed E-state index contributed by atoms with van der Waals surface area (Å²) in [7, 11) is 0. The number of benzene rings is 1. The van der Waals surface area contributed by atoms with Crippen LogP contribution in [0.15, 0.2) is 30.3 Å². The topological polar surface area (TPSA) is 46.3 Å². The first kappa shape index (κ1) is 19.4. The lowest BCUT2D eigenvalue weighted by molar-refractivity contribution is 0.0698. The molecule has 0 radical (unpaired) electrons. The summed E-state index contributed by atoms with van der Waals surface area (Å²) in [6, 6.07) is 10.8. The largest absolute Gasteiger partial charge is 0.338 e. The predicted octanol–water partition coefficient (Wildman–Crippen LogP) is 4.48. The third kappa shape index (κ3) is 3.30. The second-order valence-electron chi connectivity index (χ2n) is 8.04. The molecular weight excluding hydrogens is 364 g/mol. The highest BCUT2D eigenvalue weighted by molar-refractivity contribution is 7.17. The van der Waals surface area contributed by atoms with Gasteiger partial charge in [0.1, 0.15) is 0 Å². The Labute approximate surface area is 166 Å². The number of nitrogens with two attached hydrogens (primary N) is 1. The minimum Gasteiger partial charge on any atom is -0.338 e. The van der Waals surface area contributed by atoms with Gasteiger partial charge in [-0.25, -0.2) is 0 Å². The lowest BCUT2D eigenvalue weighted by atomic mass is 9.73. The maximum atomic E-state index is 13.0. The van der Waals surface area contributed by atoms with Gasteiger partial charge in [0.25, 0.3) is 5.91 Å². The van der Waals surface area contributed by atoms with Crippen LogP contribution in [-0.2, 0) is 11.8 Å². The standard InChI is InChI=1S/C21H26N2OS.ClH/c1-21(2)12-15-11-18(20(24)23-9-7-14(13-22)8-10-23)25-19(15)16-5-3-4-6-17(16)21;/h3-6,11,14H,7-10,12-13,22H2,1-2H3;1H. The van der Waals surface area contributed by atoms with Crippen LogP contribution in [0.25, 0.3) is 10.4 Å². The zero-order valence-corrected chi connectivity index (χ0v) is 17.1. The lowest BCUT2D eigenvalue weighted by Crippen LogP contribution is -2.39. The van der Waals surface area contributed by atoms with E-state index < -0.39 is 0 Å². The first-order chi connectivity index (χ1) is 12.0. The molecule has 4 rings (SSSR count). The van der Waals surface area contributed by atoms with Gasteiger partial charge < -0.3 is 10.6 Å². The molecule has 1 amide bonds. The van der Waals surface area contributed by atoms with Gasteiger partial charge in [0.05, 0.1) is 4.88 Å². The third-order valence-corrected chi connectivity index (χ3v) is 6.99. The van der Waals surface area contributed by atoms with E-state index in [1.807, 2.05) is 4.90 Å². The fourth-order valence-electron chi connectivity index (χ4n) is 4.26. The van der Waals surface area contributed by atoms with Gasteiger partial charge in [-0.05, 0) is 59.9 Å². The van der Waals surface area contributed by atoms with Crippen molar-refractivity contribution in [2.45, 2.75) is 38.5 Å². The van der Waals surface area contributed by atoms with E-state index in [0.717, 1.165) is 43.8 Å². The van der Waals surface area contributed by atoms with E-state index in [9.17, 15) is 4.79 Å². The summed E-state index contributed by atoms with van der Waals surface area (Å²) in [6.07, 6.45) is 3.06. The molecule has 1 aromatic carbocycles. The van der Waals surface area contributed by atoms with Crippen molar-refractivity contribution in [2.75, 3.05) is 19.6 Å². The summed E-state index contributed by atoms with van der Waals surface area (Å²) >= 11 is 1.67. The van der Waals surface area contributed by atoms with Crippen LogP contribution in [0.5, 0.6) is 0 Å². The number of piperidine rings is 1. The van der Waals surface area contributed by atoms with Crippen LogP contribution in [0.1, 0.15) is 47.5 Å². The number of thiophene rings is 1. The van der Waals surface area contributed by atoms with Gasteiger partial charge in [-0.15, -0.1) is 23.7 Å². The number of fused-ring (bicyclic) bond motifs is 3. The van der Waals surface area contributed by atoms with E-state index in [0.29, 0.717) is 5.92 Å². The van der Waals surface area contributed by atoms with Crippen LogP contribution in [0.3, 0.4) is 0 Å². The molecule has 2 N–H and O–H groups in total. The number of hydrogen-bond acceptors (Lipinski definition) is 3. The van der Waals surface area contributed by atoms with E-state index in [4.69, 9.17) is 5.73 Å². The minimum atomic E-state index is 0. The molecule has 0 bridgehead atoms. The van der Waals surface area contributed by atoms with Crippen molar-refractivity contribution in [1.82, 2.24) is 4.90 Å². The van der Waals surface area contributed by atoms with Crippen molar-refractivity contribution in [1.29, 1.82) is 0 Å². The zero-order valence-electron chi connectivity index (χ0n) is 15.5. The lowest BCUT2D eigenvalue weighted by Gasteiger charge is -2.32. The number of carbonyl (C=O) groups excluding carboxylic acids is 1. The SMILES string of the molecule is CC1(C)Cc2cc(C(=O)N3CCC(CN)CC3)sc2-c2ccccc21.Cl. The Balaban J connectivity index is 0.00000196. The number of halogens is 1. The van der Waals surface area contributed by atoms with Crippen LogP contribution < -0.4 is 5.73 Å². The number of amides is 1. The molecule has 5 heteroatoms. The van der Waals surface area contributed by atoms with Crippen molar-refractivity contribution in [3.63, 3.8) is 0 Å². The van der Waals surface area contributed by atoms with Gasteiger partial charge in [0.2, 0.25) is 0 Å². The molecule has 1 saturated heterocycles. The van der Waals surface area contributed by atoms with Gasteiger partial charge >= 0.3 is 0 Å². The summed E-state index contributed by atoms with van der Waals surface area (Å²) in [6.45, 7) is 7.01. The first-order valence-corrected chi connectivity index (χ1v) is 10.0. The fraction of sp³-hybridized carbons (Fsp3) is 0.476. The second-order valence-corrected chi connectivity index (χ2v) is 9.09. The van der Waals surface area contributed by atoms with Crippen molar-refractivity contribution in [2.24, 2.45) is 11.7 Å². The van der Waals surface area contributed by atoms with E-state index in [-0.39, 0.29) is 23.7 Å². The highest BCUT2D eigenvalue weighted by Crippen LogP contribution is 2.46. The third-order valence-electron chi connectivity index (χ3n) is 5.79. The smallest absolute Gasteiger partial charge is 0.263 e. The van der Waals surface area contributed by atoms with Crippen LogP contribution in [0, 0.1) is 5.92 Å². The van der Waals surface area contributed by atoms with Crippen LogP contribution in [0.2, 0.25) is 0 Å². The van der Waals surface area contributed by atoms with E-state index in [2.05, 4.69) is 44.2 Å². The number of rotatable bonds is 2. The molecule has 2 aliphatic rings. The molecule has 1 aliphatic heterocycles. The summed E-state index contributed by atoms with van der Waals surface area (Å²) < 4.78 is 0. The minimum absolute atomic E-state index is 0. The van der Waals surface area contributed by atoms with Gasteiger partial charge in [0.15, 0.2) is 0 Å². The molecule has 1 aliphatic carbocycles. The highest BCUT2D eigenvalue weighted by Gasteiger charge is 2.33. The van der Waals surface area contributed by atoms with Crippen LogP contribution in [0.4, 0.5) is 0 Å². The molecule has 3 nitrogen and oxygen atoms in total. The quantitative estimate of drug-likeness (QED) is 0.821. The predicted molar refractivity (Wildman–Crippen MR) is 111 cm³/mol. The van der Waals surface area contributed by atoms with Crippen LogP contribution in [-0.4, -0.2) is 30.4 Å². The Morgan fingerprint density at radius 1 is 1.27 bits per heavy atom. The normalized spacial score (nSPS) is 18.7. The highest BCUT2D eigenvalue weighted by atomic mass is 35.5. The molecule has 140 valence electrons. The number of nitrogens with zero attached hydrogens (tertiary/aromatic N) is 1. The molecule has 2 heterocycles. The first-order valence-electron chi connectivity index (χ1n) is 9.21. The second kappa shape index (κ2) is 7.34. The van der Waals surface area contributed by atoms with E-state index >= 15 is 0 Å². The Morgan fingerprint density at radius 3 is 2.65 bits per heavy atom. The molecule has 2 aromatic rings. The van der Waals surface area contributed by atoms with Gasteiger partial charge in [-0.2, -0.15) is 0 Å². The van der Waals surface area contributed by atoms with Gasteiger partial charge in [-0.1, -0.05) is 38.1 Å². The Kier molecular flexibility index (Phi) is 5.48. The molecule has 0 atom stereocenters. The van der Waals surface area contributed by atoms with Crippen molar-refractivity contribution in [3.05, 3.63) is 46.3 Å². The van der Waals surface area contributed by atoms with Crippen molar-refractivity contribution >= 4 is 29.7 Å². The summed E-state index contributed by atoms with van der Waals surface area (Å²) in [5.41, 5.74) is 9.92. The molecule has 0 spiro atoms. The number of carbonyl (C=O) groups is 1. The van der Waals surface area contributed by atoms with E-state index in [1.165, 1.54) is 21.6 Å². The summed E-state index contributed by atoms with van der Waals surface area (Å²) in [4.78, 5) is 17.2. The van der Waals surface area contributed by atoms with Gasteiger partial charge in [-0.3, -0.25) is 4.79 Å². The van der Waals surface area contributed by atoms with Gasteiger partial charge in [0, 0.05) is 18.0 Å². The molecule has 26 heavy (non-hydrogen) atoms. The molecule has 1 aromatic heterocycles. The number of hydrogen-bond donors (Lipinski definition) is 1. The summed E-state index contributed by atoms with van der Waals surface area (Å²) in [5, 5.41) is 0. The van der Waals surface area contributed by atoms with E-state index in [1.54, 1.807) is 11.3 Å². The maximum absolute atomic E-state index is 13.0. The zero-order chi connectivity index (χ0) is 17.6. The van der Waals surface area contributed by atoms with Crippen molar-refractivity contribution in [3.8, 4) is 10.4 Å². The Morgan fingerprint density at radius 2 is 1.96 bits per heavy atom. The molecule has 0 saturated carbocycles. The summed E-state index contributed by atoms with van der Waals surface area (Å²) in [5.74, 6) is 0.776.